The molecule has 0 rings (SSSR count). The summed E-state index contributed by atoms with van der Waals surface area (Å²) < 4.78 is 37.5. The van der Waals surface area contributed by atoms with Gasteiger partial charge in [0.25, 0.3) is 0 Å². The van der Waals surface area contributed by atoms with Gasteiger partial charge in [0.1, 0.15) is 0 Å². The highest BCUT2D eigenvalue weighted by atomic mass is 32.2. The monoisotopic (exact) mass is 382 g/mol. The first kappa shape index (κ1) is 24.3. The van der Waals surface area contributed by atoms with Crippen LogP contribution in [0, 0.1) is 0 Å². The fraction of sp³-hybridized carbons (Fsp3) is 0.941. The molecule has 0 spiro atoms. The van der Waals surface area contributed by atoms with E-state index in [2.05, 4.69) is 6.92 Å². The lowest BCUT2D eigenvalue weighted by Gasteiger charge is -2.38. The Kier molecular flexibility index (Phi) is 10.8. The van der Waals surface area contributed by atoms with Crippen molar-refractivity contribution in [3.63, 3.8) is 0 Å². The van der Waals surface area contributed by atoms with Crippen LogP contribution in [0.15, 0.2) is 0 Å². The minimum Gasteiger partial charge on any atom is -0.474 e. The van der Waals surface area contributed by atoms with Crippen LogP contribution >= 0.6 is 0 Å². The summed E-state index contributed by atoms with van der Waals surface area (Å²) in [5.41, 5.74) is 0. The second kappa shape index (κ2) is 11.1. The molecule has 0 saturated carbocycles. The molecule has 25 heavy (non-hydrogen) atoms. The van der Waals surface area contributed by atoms with Gasteiger partial charge in [0.15, 0.2) is 0 Å². The van der Waals surface area contributed by atoms with Gasteiger partial charge in [0, 0.05) is 0 Å². The summed E-state index contributed by atoms with van der Waals surface area (Å²) in [5, 5.41) is 6.67. The van der Waals surface area contributed by atoms with Crippen LogP contribution in [-0.2, 0) is 19.6 Å². The molecule has 0 radical (unpaired) electrons. The van der Waals surface area contributed by atoms with Gasteiger partial charge in [-0.25, -0.2) is 4.79 Å². The number of ether oxygens (including phenoxy) is 1. The fourth-order valence-electron chi connectivity index (χ4n) is 2.87. The quantitative estimate of drug-likeness (QED) is 0.195. The molecule has 2 N–H and O–H groups in total. The van der Waals surface area contributed by atoms with Crippen LogP contribution in [0.4, 0.5) is 0 Å². The van der Waals surface area contributed by atoms with Gasteiger partial charge in [-0.3, -0.25) is 9.04 Å². The van der Waals surface area contributed by atoms with Gasteiger partial charge in [-0.05, 0) is 6.42 Å². The summed E-state index contributed by atoms with van der Waals surface area (Å²) in [5.74, 6) is -1.71. The summed E-state index contributed by atoms with van der Waals surface area (Å²) in [6.07, 6.45) is 11.1. The van der Waals surface area contributed by atoms with Crippen molar-refractivity contribution in [3.8, 4) is 0 Å². The van der Waals surface area contributed by atoms with Crippen molar-refractivity contribution >= 4 is 16.1 Å². The standard InChI is InChI=1S/C17H35NO6S/c1-5-6-7-8-9-10-11-12-13-14-15-24-17(16(19)20,18(2,3)4)25(21,22)23/h5-15H2,1-4H3,(H-,19,20,21,22,23)/p+1. The van der Waals surface area contributed by atoms with Gasteiger partial charge in [0.05, 0.1) is 27.7 Å². The van der Waals surface area contributed by atoms with Crippen molar-refractivity contribution < 1.29 is 32.1 Å². The lowest BCUT2D eigenvalue weighted by molar-refractivity contribution is -0.922. The number of rotatable bonds is 15. The average Bonchev–Trinajstić information content (AvgIpc) is 2.45. The second-order valence-electron chi connectivity index (χ2n) is 7.40. The number of likely N-dealkylation sites (N-methyl/N-ethyl adjacent to an activating group) is 1. The van der Waals surface area contributed by atoms with Crippen LogP contribution in [0.2, 0.25) is 0 Å². The zero-order chi connectivity index (χ0) is 19.6. The zero-order valence-electron chi connectivity index (χ0n) is 16.2. The van der Waals surface area contributed by atoms with Gasteiger partial charge in [-0.2, -0.15) is 8.42 Å². The highest BCUT2D eigenvalue weighted by Gasteiger charge is 2.64. The molecular formula is C17H36NO6S+. The number of hydrogen-bond acceptors (Lipinski definition) is 4. The summed E-state index contributed by atoms with van der Waals surface area (Å²) >= 11 is 0. The predicted molar refractivity (Wildman–Crippen MR) is 97.7 cm³/mol. The van der Waals surface area contributed by atoms with Crippen LogP contribution in [0.3, 0.4) is 0 Å². The van der Waals surface area contributed by atoms with E-state index in [0.29, 0.717) is 6.42 Å². The third kappa shape index (κ3) is 7.60. The normalized spacial score (nSPS) is 15.1. The lowest BCUT2D eigenvalue weighted by atomic mass is 10.1. The molecule has 1 atom stereocenters. The van der Waals surface area contributed by atoms with Crippen LogP contribution in [0.5, 0.6) is 0 Å². The maximum absolute atomic E-state index is 11.7. The van der Waals surface area contributed by atoms with Gasteiger partial charge in [-0.1, -0.05) is 64.7 Å². The van der Waals surface area contributed by atoms with Crippen molar-refractivity contribution in [3.05, 3.63) is 0 Å². The largest absolute Gasteiger partial charge is 0.474 e. The molecule has 0 heterocycles. The summed E-state index contributed by atoms with van der Waals surface area (Å²) in [4.78, 5) is 11.5. The fourth-order valence-corrected chi connectivity index (χ4v) is 4.02. The molecule has 0 aromatic heterocycles. The smallest absolute Gasteiger partial charge is 0.430 e. The molecule has 0 fully saturated rings. The van der Waals surface area contributed by atoms with Gasteiger partial charge >= 0.3 is 21.1 Å². The second-order valence-corrected chi connectivity index (χ2v) is 8.91. The van der Waals surface area contributed by atoms with E-state index in [1.165, 1.54) is 59.7 Å². The van der Waals surface area contributed by atoms with E-state index in [9.17, 15) is 22.9 Å². The molecular weight excluding hydrogens is 346 g/mol. The summed E-state index contributed by atoms with van der Waals surface area (Å²) in [7, 11) is -0.861. The number of hydrogen-bond donors (Lipinski definition) is 2. The third-order valence-corrected chi connectivity index (χ3v) is 5.84. The number of carboxylic acids is 1. The van der Waals surface area contributed by atoms with Crippen LogP contribution in [0.1, 0.15) is 71.1 Å². The molecule has 0 amide bonds. The van der Waals surface area contributed by atoms with Gasteiger partial charge in [-0.15, -0.1) is 0 Å². The number of nitrogens with zero attached hydrogens (tertiary/aromatic N) is 1. The Bertz CT molecular complexity index is 486. The number of aliphatic carboxylic acids is 1. The number of carbonyl (C=O) groups is 1. The van der Waals surface area contributed by atoms with E-state index >= 15 is 0 Å². The highest BCUT2D eigenvalue weighted by Crippen LogP contribution is 2.28. The van der Waals surface area contributed by atoms with E-state index in [-0.39, 0.29) is 6.61 Å². The Hall–Kier alpha value is -0.700. The topological polar surface area (TPSA) is 101 Å². The molecule has 150 valence electrons. The summed E-state index contributed by atoms with van der Waals surface area (Å²) in [6.45, 7) is 2.17. The van der Waals surface area contributed by atoms with E-state index in [4.69, 9.17) is 4.74 Å². The van der Waals surface area contributed by atoms with Crippen molar-refractivity contribution in [2.75, 3.05) is 27.7 Å². The Morgan fingerprint density at radius 2 is 1.32 bits per heavy atom. The molecule has 0 aliphatic heterocycles. The molecule has 0 saturated heterocycles. The summed E-state index contributed by atoms with van der Waals surface area (Å²) in [6, 6.07) is 0. The molecule has 0 aliphatic carbocycles. The first-order chi connectivity index (χ1) is 11.5. The first-order valence-electron chi connectivity index (χ1n) is 9.16. The zero-order valence-corrected chi connectivity index (χ0v) is 17.0. The highest BCUT2D eigenvalue weighted by molar-refractivity contribution is 7.87. The SMILES string of the molecule is CCCCCCCCCCCCOC(C(=O)O)([N+](C)(C)C)S(=O)(=O)O. The molecule has 7 nitrogen and oxygen atoms in total. The van der Waals surface area contributed by atoms with E-state index in [1.54, 1.807) is 0 Å². The maximum Gasteiger partial charge on any atom is 0.430 e. The first-order valence-corrected chi connectivity index (χ1v) is 10.6. The molecule has 8 heteroatoms. The maximum atomic E-state index is 11.7. The van der Waals surface area contributed by atoms with Crippen molar-refractivity contribution in [2.24, 2.45) is 0 Å². The number of unbranched alkanes of at least 4 members (excludes halogenated alkanes) is 9. The lowest BCUT2D eigenvalue weighted by Crippen LogP contribution is -2.67. The molecule has 0 bridgehead atoms. The van der Waals surface area contributed by atoms with Gasteiger partial charge in [0.2, 0.25) is 0 Å². The Morgan fingerprint density at radius 1 is 0.920 bits per heavy atom. The van der Waals surface area contributed by atoms with Crippen LogP contribution in [-0.4, -0.2) is 61.3 Å². The molecule has 1 unspecified atom stereocenters. The molecule has 0 aromatic rings. The van der Waals surface area contributed by atoms with E-state index in [0.717, 1.165) is 19.3 Å². The average molecular weight is 383 g/mol. The van der Waals surface area contributed by atoms with Crippen LogP contribution in [0.25, 0.3) is 0 Å². The Labute approximate surface area is 152 Å². The minimum atomic E-state index is -4.95. The van der Waals surface area contributed by atoms with E-state index < -0.39 is 25.6 Å². The van der Waals surface area contributed by atoms with Crippen molar-refractivity contribution in [1.82, 2.24) is 0 Å². The molecule has 0 aliphatic rings. The number of carboxylic acid groups (broad SMARTS) is 1. The third-order valence-electron chi connectivity index (χ3n) is 4.30. The van der Waals surface area contributed by atoms with Crippen molar-refractivity contribution in [2.45, 2.75) is 76.2 Å². The Balaban J connectivity index is 4.25. The van der Waals surface area contributed by atoms with Crippen molar-refractivity contribution in [1.29, 1.82) is 0 Å². The van der Waals surface area contributed by atoms with Crippen LogP contribution < -0.4 is 0 Å². The predicted octanol–water partition coefficient (Wildman–Crippen LogP) is 3.26. The van der Waals surface area contributed by atoms with Gasteiger partial charge < -0.3 is 9.84 Å². The Morgan fingerprint density at radius 3 is 1.64 bits per heavy atom. The number of quaternary nitrogens is 1. The van der Waals surface area contributed by atoms with E-state index in [1.807, 2.05) is 0 Å². The molecule has 0 aromatic carbocycles. The minimum absolute atomic E-state index is 0.0297.